The lowest BCUT2D eigenvalue weighted by atomic mass is 9.82. The van der Waals surface area contributed by atoms with Gasteiger partial charge in [0.05, 0.1) is 0 Å². The molecule has 2 aromatic rings. The highest BCUT2D eigenvalue weighted by Gasteiger charge is 2.17. The number of rotatable bonds is 1. The van der Waals surface area contributed by atoms with Gasteiger partial charge in [-0.05, 0) is 59.6 Å². The molecule has 3 rings (SSSR count). The summed E-state index contributed by atoms with van der Waals surface area (Å²) in [6.07, 6.45) is 3.48. The van der Waals surface area contributed by atoms with Crippen LogP contribution in [0.1, 0.15) is 40.7 Å². The second-order valence-corrected chi connectivity index (χ2v) is 5.66. The van der Waals surface area contributed by atoms with Gasteiger partial charge in [-0.15, -0.1) is 0 Å². The fraction of sp³-hybridized carbons (Fsp3) is 0.263. The first-order valence-corrected chi connectivity index (χ1v) is 7.01. The maximum atomic E-state index is 2.42. The Morgan fingerprint density at radius 1 is 0.947 bits per heavy atom. The molecule has 0 aromatic heterocycles. The monoisotopic (exact) mass is 248 g/mol. The molecular formula is C19H20. The summed E-state index contributed by atoms with van der Waals surface area (Å²) in [6, 6.07) is 15.6. The van der Waals surface area contributed by atoms with Crippen molar-refractivity contribution >= 4 is 5.57 Å². The van der Waals surface area contributed by atoms with E-state index in [-0.39, 0.29) is 0 Å². The predicted octanol–water partition coefficient (Wildman–Crippen LogP) is 5.05. The molecule has 0 radical (unpaired) electrons. The quantitative estimate of drug-likeness (QED) is 0.662. The molecule has 1 atom stereocenters. The highest BCUT2D eigenvalue weighted by molar-refractivity contribution is 5.72. The molecule has 0 amide bonds. The van der Waals surface area contributed by atoms with Crippen LogP contribution in [0.4, 0.5) is 0 Å². The summed E-state index contributed by atoms with van der Waals surface area (Å²) in [4.78, 5) is 0. The van der Waals surface area contributed by atoms with Crippen LogP contribution in [0, 0.1) is 13.8 Å². The maximum absolute atomic E-state index is 2.42. The number of hydrogen-bond donors (Lipinski definition) is 0. The molecule has 0 nitrogen and oxygen atoms in total. The Morgan fingerprint density at radius 2 is 1.74 bits per heavy atom. The average Bonchev–Trinajstić information content (AvgIpc) is 2.42. The van der Waals surface area contributed by atoms with Crippen molar-refractivity contribution in [3.63, 3.8) is 0 Å². The van der Waals surface area contributed by atoms with Crippen LogP contribution in [0.25, 0.3) is 5.57 Å². The Hall–Kier alpha value is -1.82. The normalized spacial score (nSPS) is 17.8. The average molecular weight is 248 g/mol. The molecule has 0 heteroatoms. The lowest BCUT2D eigenvalue weighted by molar-refractivity contribution is 0.916. The second-order valence-electron chi connectivity index (χ2n) is 5.66. The van der Waals surface area contributed by atoms with Crippen LogP contribution in [-0.4, -0.2) is 0 Å². The zero-order valence-electron chi connectivity index (χ0n) is 11.9. The molecule has 2 aromatic carbocycles. The molecule has 0 bridgehead atoms. The summed E-state index contributed by atoms with van der Waals surface area (Å²) in [5.41, 5.74) is 8.55. The van der Waals surface area contributed by atoms with E-state index in [0.717, 1.165) is 6.42 Å². The number of benzene rings is 2. The summed E-state index contributed by atoms with van der Waals surface area (Å²) < 4.78 is 0. The predicted molar refractivity (Wildman–Crippen MR) is 82.5 cm³/mol. The zero-order chi connectivity index (χ0) is 13.4. The van der Waals surface area contributed by atoms with Crippen molar-refractivity contribution in [3.05, 3.63) is 76.4 Å². The molecule has 0 aliphatic heterocycles. The van der Waals surface area contributed by atoms with E-state index in [4.69, 9.17) is 0 Å². The topological polar surface area (TPSA) is 0 Å². The Labute approximate surface area is 115 Å². The minimum atomic E-state index is 0.515. The van der Waals surface area contributed by atoms with Gasteiger partial charge in [0, 0.05) is 0 Å². The Balaban J connectivity index is 2.02. The number of aryl methyl sites for hydroxylation is 2. The fourth-order valence-electron chi connectivity index (χ4n) is 2.93. The van der Waals surface area contributed by atoms with Crippen molar-refractivity contribution in [1.82, 2.24) is 0 Å². The number of fused-ring (bicyclic) bond motifs is 1. The molecule has 19 heavy (non-hydrogen) atoms. The van der Waals surface area contributed by atoms with Gasteiger partial charge in [-0.3, -0.25) is 0 Å². The minimum Gasteiger partial charge on any atom is -0.0731 e. The van der Waals surface area contributed by atoms with Crippen LogP contribution >= 0.6 is 0 Å². The smallest absolute Gasteiger partial charge is 0.000144 e. The Morgan fingerprint density at radius 3 is 2.53 bits per heavy atom. The van der Waals surface area contributed by atoms with E-state index < -0.39 is 0 Å². The van der Waals surface area contributed by atoms with E-state index in [1.165, 1.54) is 33.4 Å². The van der Waals surface area contributed by atoms with Crippen LogP contribution in [0.2, 0.25) is 0 Å². The molecule has 0 saturated heterocycles. The summed E-state index contributed by atoms with van der Waals surface area (Å²) in [5.74, 6) is 0.515. The highest BCUT2D eigenvalue weighted by atomic mass is 14.2. The van der Waals surface area contributed by atoms with Crippen LogP contribution in [0.5, 0.6) is 0 Å². The van der Waals surface area contributed by atoms with E-state index in [2.05, 4.69) is 69.3 Å². The molecule has 1 aliphatic carbocycles. The third-order valence-corrected chi connectivity index (χ3v) is 4.26. The summed E-state index contributed by atoms with van der Waals surface area (Å²) >= 11 is 0. The van der Waals surface area contributed by atoms with E-state index in [1.807, 2.05) is 0 Å². The first kappa shape index (κ1) is 12.2. The molecular weight excluding hydrogens is 228 g/mol. The van der Waals surface area contributed by atoms with Crippen LogP contribution in [-0.2, 0) is 6.42 Å². The molecule has 96 valence electrons. The molecule has 0 heterocycles. The summed E-state index contributed by atoms with van der Waals surface area (Å²) in [5, 5.41) is 0. The summed E-state index contributed by atoms with van der Waals surface area (Å²) in [7, 11) is 0. The lowest BCUT2D eigenvalue weighted by Crippen LogP contribution is -2.06. The van der Waals surface area contributed by atoms with Gasteiger partial charge in [-0.25, -0.2) is 0 Å². The van der Waals surface area contributed by atoms with Crippen LogP contribution < -0.4 is 0 Å². The van der Waals surface area contributed by atoms with Crippen LogP contribution in [0.15, 0.2) is 48.5 Å². The van der Waals surface area contributed by atoms with Crippen molar-refractivity contribution in [2.75, 3.05) is 0 Å². The van der Waals surface area contributed by atoms with E-state index in [0.29, 0.717) is 5.92 Å². The van der Waals surface area contributed by atoms with Crippen molar-refractivity contribution < 1.29 is 0 Å². The maximum Gasteiger partial charge on any atom is -0.000144 e. The van der Waals surface area contributed by atoms with Gasteiger partial charge in [0.2, 0.25) is 0 Å². The van der Waals surface area contributed by atoms with Crippen molar-refractivity contribution in [2.24, 2.45) is 0 Å². The Kier molecular flexibility index (Phi) is 3.02. The fourth-order valence-corrected chi connectivity index (χ4v) is 2.93. The minimum absolute atomic E-state index is 0.515. The van der Waals surface area contributed by atoms with Crippen molar-refractivity contribution in [1.29, 1.82) is 0 Å². The number of allylic oxidation sites excluding steroid dienone is 2. The van der Waals surface area contributed by atoms with E-state index >= 15 is 0 Å². The second kappa shape index (κ2) is 4.70. The van der Waals surface area contributed by atoms with Crippen molar-refractivity contribution in [3.8, 4) is 0 Å². The third kappa shape index (κ3) is 2.23. The Bertz CT molecular complexity index is 647. The van der Waals surface area contributed by atoms with Crippen molar-refractivity contribution in [2.45, 2.75) is 33.1 Å². The highest BCUT2D eigenvalue weighted by Crippen LogP contribution is 2.34. The van der Waals surface area contributed by atoms with Gasteiger partial charge < -0.3 is 0 Å². The zero-order valence-corrected chi connectivity index (χ0v) is 11.9. The molecule has 0 saturated carbocycles. The molecule has 0 N–H and O–H groups in total. The standard InChI is InChI=1S/C19H20/c1-13-8-9-16(10-14(13)2)18-11-15(3)19-7-5-4-6-17(19)12-18/h4-11,15H,12H2,1-3H3. The first-order chi connectivity index (χ1) is 9.15. The van der Waals surface area contributed by atoms with Gasteiger partial charge in [0.1, 0.15) is 0 Å². The van der Waals surface area contributed by atoms with E-state index in [9.17, 15) is 0 Å². The summed E-state index contributed by atoms with van der Waals surface area (Å²) in [6.45, 7) is 6.66. The largest absolute Gasteiger partial charge is 0.0731 e. The van der Waals surface area contributed by atoms with Gasteiger partial charge in [0.25, 0.3) is 0 Å². The van der Waals surface area contributed by atoms with Gasteiger partial charge in [-0.1, -0.05) is 55.5 Å². The molecule has 0 spiro atoms. The molecule has 0 fully saturated rings. The van der Waals surface area contributed by atoms with Gasteiger partial charge >= 0.3 is 0 Å². The third-order valence-electron chi connectivity index (χ3n) is 4.26. The SMILES string of the molecule is Cc1ccc(C2=CC(C)c3ccccc3C2)cc1C. The van der Waals surface area contributed by atoms with Gasteiger partial charge in [-0.2, -0.15) is 0 Å². The van der Waals surface area contributed by atoms with Gasteiger partial charge in [0.15, 0.2) is 0 Å². The first-order valence-electron chi connectivity index (χ1n) is 7.01. The molecule has 1 unspecified atom stereocenters. The molecule has 1 aliphatic rings. The number of hydrogen-bond acceptors (Lipinski definition) is 0. The van der Waals surface area contributed by atoms with Crippen LogP contribution in [0.3, 0.4) is 0 Å². The van der Waals surface area contributed by atoms with E-state index in [1.54, 1.807) is 0 Å². The lowest BCUT2D eigenvalue weighted by Gasteiger charge is -2.22.